The molecule has 0 radical (unpaired) electrons. The molecule has 3 amide bonds. The predicted molar refractivity (Wildman–Crippen MR) is 108 cm³/mol. The number of likely N-dealkylation sites (tertiary alicyclic amines) is 2. The van der Waals surface area contributed by atoms with Gasteiger partial charge in [0, 0.05) is 32.1 Å². The number of nitrogens with zero attached hydrogens (tertiary/aromatic N) is 2. The fraction of sp³-hybridized carbons (Fsp3) is 0.550. The van der Waals surface area contributed by atoms with Crippen LogP contribution in [0.5, 0.6) is 0 Å². The molecule has 1 N–H and O–H groups in total. The van der Waals surface area contributed by atoms with E-state index in [0.717, 1.165) is 5.56 Å². The molecule has 0 spiro atoms. The highest BCUT2D eigenvalue weighted by Crippen LogP contribution is 2.28. The maximum atomic E-state index is 12.7. The van der Waals surface area contributed by atoms with Crippen molar-refractivity contribution in [1.29, 1.82) is 0 Å². The van der Waals surface area contributed by atoms with Crippen molar-refractivity contribution in [2.24, 2.45) is 5.92 Å². The van der Waals surface area contributed by atoms with Crippen LogP contribution in [-0.2, 0) is 14.4 Å². The van der Waals surface area contributed by atoms with E-state index in [1.54, 1.807) is 9.80 Å². The Bertz CT molecular complexity index is 721. The van der Waals surface area contributed by atoms with E-state index in [2.05, 4.69) is 5.32 Å². The van der Waals surface area contributed by atoms with Gasteiger partial charge in [-0.15, -0.1) is 0 Å². The second-order valence-electron chi connectivity index (χ2n) is 7.44. The highest BCUT2D eigenvalue weighted by Gasteiger charge is 2.38. The Kier molecular flexibility index (Phi) is 6.83. The first kappa shape index (κ1) is 20.9. The van der Waals surface area contributed by atoms with Crippen molar-refractivity contribution in [3.05, 3.63) is 35.9 Å². The SMILES string of the molecule is CC(c1ccccc1)N1CC(C(=O)NC2CCN(C(=O)C(Cl)Cl)CC2)CC1=O. The van der Waals surface area contributed by atoms with Gasteiger partial charge < -0.3 is 15.1 Å². The molecule has 2 heterocycles. The van der Waals surface area contributed by atoms with Crippen LogP contribution >= 0.6 is 23.2 Å². The Morgan fingerprint density at radius 2 is 1.79 bits per heavy atom. The van der Waals surface area contributed by atoms with Crippen LogP contribution in [-0.4, -0.2) is 58.0 Å². The zero-order chi connectivity index (χ0) is 20.3. The summed E-state index contributed by atoms with van der Waals surface area (Å²) in [4.78, 5) is 39.3. The van der Waals surface area contributed by atoms with Crippen LogP contribution in [0.25, 0.3) is 0 Å². The van der Waals surface area contributed by atoms with Crippen molar-refractivity contribution in [2.75, 3.05) is 19.6 Å². The summed E-state index contributed by atoms with van der Waals surface area (Å²) in [5.74, 6) is -0.714. The quantitative estimate of drug-likeness (QED) is 0.736. The zero-order valence-electron chi connectivity index (χ0n) is 15.8. The lowest BCUT2D eigenvalue weighted by molar-refractivity contribution is -0.131. The summed E-state index contributed by atoms with van der Waals surface area (Å²) in [5.41, 5.74) is 1.06. The zero-order valence-corrected chi connectivity index (χ0v) is 17.3. The molecule has 0 bridgehead atoms. The highest BCUT2D eigenvalue weighted by atomic mass is 35.5. The molecular weight excluding hydrogens is 401 g/mol. The Balaban J connectivity index is 1.51. The lowest BCUT2D eigenvalue weighted by atomic mass is 10.0. The van der Waals surface area contributed by atoms with Crippen molar-refractivity contribution < 1.29 is 14.4 Å². The van der Waals surface area contributed by atoms with Gasteiger partial charge in [-0.3, -0.25) is 14.4 Å². The van der Waals surface area contributed by atoms with Crippen LogP contribution in [0.4, 0.5) is 0 Å². The smallest absolute Gasteiger partial charge is 0.255 e. The van der Waals surface area contributed by atoms with Gasteiger partial charge in [-0.2, -0.15) is 0 Å². The van der Waals surface area contributed by atoms with Gasteiger partial charge >= 0.3 is 0 Å². The normalized spacial score (nSPS) is 21.9. The van der Waals surface area contributed by atoms with Crippen LogP contribution in [0.15, 0.2) is 30.3 Å². The number of rotatable bonds is 5. The minimum Gasteiger partial charge on any atom is -0.353 e. The number of alkyl halides is 2. The minimum absolute atomic E-state index is 0.00338. The van der Waals surface area contributed by atoms with Crippen molar-refractivity contribution in [3.63, 3.8) is 0 Å². The van der Waals surface area contributed by atoms with E-state index in [1.807, 2.05) is 37.3 Å². The third-order valence-electron chi connectivity index (χ3n) is 5.62. The molecule has 0 aliphatic carbocycles. The number of amides is 3. The Morgan fingerprint density at radius 3 is 2.39 bits per heavy atom. The summed E-state index contributed by atoms with van der Waals surface area (Å²) >= 11 is 11.3. The maximum absolute atomic E-state index is 12.7. The van der Waals surface area contributed by atoms with E-state index in [4.69, 9.17) is 23.2 Å². The number of halogens is 2. The highest BCUT2D eigenvalue weighted by molar-refractivity contribution is 6.53. The molecule has 2 saturated heterocycles. The maximum Gasteiger partial charge on any atom is 0.255 e. The molecule has 2 aliphatic heterocycles. The van der Waals surface area contributed by atoms with Crippen LogP contribution in [0, 0.1) is 5.92 Å². The Hall–Kier alpha value is -1.79. The van der Waals surface area contributed by atoms with Crippen LogP contribution in [0.3, 0.4) is 0 Å². The third kappa shape index (κ3) is 4.78. The summed E-state index contributed by atoms with van der Waals surface area (Å²) in [6.45, 7) is 3.44. The summed E-state index contributed by atoms with van der Waals surface area (Å²) in [6.07, 6.45) is 1.55. The monoisotopic (exact) mass is 425 g/mol. The van der Waals surface area contributed by atoms with Crippen LogP contribution in [0.1, 0.15) is 37.8 Å². The number of hydrogen-bond acceptors (Lipinski definition) is 3. The average molecular weight is 426 g/mol. The summed E-state index contributed by atoms with van der Waals surface area (Å²) in [7, 11) is 0. The molecule has 2 aliphatic rings. The van der Waals surface area contributed by atoms with Crippen molar-refractivity contribution in [2.45, 2.75) is 43.1 Å². The second kappa shape index (κ2) is 9.14. The van der Waals surface area contributed by atoms with Gasteiger partial charge in [0.1, 0.15) is 0 Å². The fourth-order valence-electron chi connectivity index (χ4n) is 3.89. The fourth-order valence-corrected chi connectivity index (χ4v) is 4.17. The van der Waals surface area contributed by atoms with Gasteiger partial charge in [0.25, 0.3) is 5.91 Å². The van der Waals surface area contributed by atoms with Gasteiger partial charge in [-0.25, -0.2) is 0 Å². The van der Waals surface area contributed by atoms with E-state index in [0.29, 0.717) is 32.5 Å². The molecule has 6 nitrogen and oxygen atoms in total. The minimum atomic E-state index is -1.05. The molecule has 0 saturated carbocycles. The van der Waals surface area contributed by atoms with Gasteiger partial charge in [-0.1, -0.05) is 53.5 Å². The molecule has 2 atom stereocenters. The Labute approximate surface area is 175 Å². The number of nitrogens with one attached hydrogen (secondary N) is 1. The molecule has 1 aromatic rings. The number of hydrogen-bond donors (Lipinski definition) is 1. The van der Waals surface area contributed by atoms with Gasteiger partial charge in [-0.05, 0) is 25.3 Å². The first-order chi connectivity index (χ1) is 13.4. The molecule has 28 heavy (non-hydrogen) atoms. The third-order valence-corrected chi connectivity index (χ3v) is 5.99. The van der Waals surface area contributed by atoms with E-state index in [-0.39, 0.29) is 42.1 Å². The van der Waals surface area contributed by atoms with Gasteiger partial charge in [0.05, 0.1) is 12.0 Å². The van der Waals surface area contributed by atoms with Crippen LogP contribution < -0.4 is 5.32 Å². The first-order valence-corrected chi connectivity index (χ1v) is 10.5. The van der Waals surface area contributed by atoms with Crippen LogP contribution in [0.2, 0.25) is 0 Å². The molecule has 152 valence electrons. The number of piperidine rings is 1. The molecule has 8 heteroatoms. The topological polar surface area (TPSA) is 69.7 Å². The van der Waals surface area contributed by atoms with Gasteiger partial charge in [0.15, 0.2) is 4.84 Å². The van der Waals surface area contributed by atoms with Crippen molar-refractivity contribution in [1.82, 2.24) is 15.1 Å². The van der Waals surface area contributed by atoms with E-state index >= 15 is 0 Å². The standard InChI is InChI=1S/C20H25Cl2N3O3/c1-13(14-5-3-2-4-6-14)25-12-15(11-17(25)26)19(27)23-16-7-9-24(10-8-16)20(28)18(21)22/h2-6,13,15-16,18H,7-12H2,1H3,(H,23,27). The molecule has 2 unspecified atom stereocenters. The van der Waals surface area contributed by atoms with Crippen molar-refractivity contribution >= 4 is 40.9 Å². The predicted octanol–water partition coefficient (Wildman–Crippen LogP) is 2.51. The lowest BCUT2D eigenvalue weighted by Gasteiger charge is -2.33. The van der Waals surface area contributed by atoms with Crippen molar-refractivity contribution in [3.8, 4) is 0 Å². The van der Waals surface area contributed by atoms with E-state index in [9.17, 15) is 14.4 Å². The summed E-state index contributed by atoms with van der Waals surface area (Å²) in [6, 6.07) is 9.77. The number of carbonyl (C=O) groups excluding carboxylic acids is 3. The Morgan fingerprint density at radius 1 is 1.14 bits per heavy atom. The second-order valence-corrected chi connectivity index (χ2v) is 8.54. The molecule has 2 fully saturated rings. The molecule has 0 aromatic heterocycles. The van der Waals surface area contributed by atoms with Gasteiger partial charge in [0.2, 0.25) is 11.8 Å². The summed E-state index contributed by atoms with van der Waals surface area (Å²) < 4.78 is 0. The largest absolute Gasteiger partial charge is 0.353 e. The lowest BCUT2D eigenvalue weighted by Crippen LogP contribution is -2.49. The first-order valence-electron chi connectivity index (χ1n) is 9.58. The molecule has 1 aromatic carbocycles. The molecular formula is C20H25Cl2N3O3. The molecule has 3 rings (SSSR count). The van der Waals surface area contributed by atoms with E-state index < -0.39 is 4.84 Å². The van der Waals surface area contributed by atoms with E-state index in [1.165, 1.54) is 0 Å². The summed E-state index contributed by atoms with van der Waals surface area (Å²) in [5, 5.41) is 3.05. The number of benzene rings is 1. The number of carbonyl (C=O) groups is 3. The average Bonchev–Trinajstić information content (AvgIpc) is 3.10.